The molecule has 7 heteroatoms. The molecule has 3 heterocycles. The molecule has 1 amide bonds. The number of amides is 1. The van der Waals surface area contributed by atoms with Crippen molar-refractivity contribution in [3.8, 4) is 0 Å². The Morgan fingerprint density at radius 1 is 1.20 bits per heavy atom. The highest BCUT2D eigenvalue weighted by atomic mass is 32.1. The number of aromatic nitrogens is 2. The number of carbonyl (C=O) groups is 1. The van der Waals surface area contributed by atoms with Gasteiger partial charge in [0, 0.05) is 45.3 Å². The van der Waals surface area contributed by atoms with E-state index in [4.69, 9.17) is 0 Å². The van der Waals surface area contributed by atoms with Gasteiger partial charge in [0.15, 0.2) is 0 Å². The van der Waals surface area contributed by atoms with Gasteiger partial charge in [0.25, 0.3) is 5.91 Å². The van der Waals surface area contributed by atoms with E-state index >= 15 is 0 Å². The molecule has 1 aromatic carbocycles. The monoisotopic (exact) mass is 351 g/mol. The molecule has 1 aliphatic heterocycles. The fourth-order valence-electron chi connectivity index (χ4n) is 2.73. The van der Waals surface area contributed by atoms with Crippen LogP contribution in [0.15, 0.2) is 59.6 Å². The number of hydrazone groups is 1. The van der Waals surface area contributed by atoms with Crippen molar-refractivity contribution >= 4 is 38.3 Å². The Kier molecular flexibility index (Phi) is 3.65. The number of benzene rings is 1. The number of para-hydroxylation sites is 1. The molecule has 126 valence electrons. The lowest BCUT2D eigenvalue weighted by atomic mass is 10.1. The SMILES string of the molecule is CN(C)/C=C1/C(=O)N(c2nc3ccccc3s2)N=C1c1ccn(C)c1. The largest absolute Gasteiger partial charge is 0.383 e. The van der Waals surface area contributed by atoms with Gasteiger partial charge in [-0.25, -0.2) is 4.98 Å². The highest BCUT2D eigenvalue weighted by molar-refractivity contribution is 7.22. The van der Waals surface area contributed by atoms with E-state index in [0.29, 0.717) is 16.4 Å². The molecule has 0 bridgehead atoms. The summed E-state index contributed by atoms with van der Waals surface area (Å²) in [7, 11) is 5.73. The maximum absolute atomic E-state index is 13.0. The average molecular weight is 351 g/mol. The third-order valence-electron chi connectivity index (χ3n) is 3.83. The molecule has 0 atom stereocenters. The lowest BCUT2D eigenvalue weighted by molar-refractivity contribution is -0.114. The number of aryl methyl sites for hydroxylation is 1. The number of thiazole rings is 1. The van der Waals surface area contributed by atoms with Gasteiger partial charge in [-0.3, -0.25) is 4.79 Å². The number of rotatable bonds is 3. The molecule has 0 N–H and O–H groups in total. The molecule has 6 nitrogen and oxygen atoms in total. The maximum atomic E-state index is 13.0. The number of nitrogens with zero attached hydrogens (tertiary/aromatic N) is 5. The summed E-state index contributed by atoms with van der Waals surface area (Å²) in [6.45, 7) is 0. The quantitative estimate of drug-likeness (QED) is 0.682. The minimum Gasteiger partial charge on any atom is -0.383 e. The van der Waals surface area contributed by atoms with Crippen LogP contribution in [0, 0.1) is 0 Å². The van der Waals surface area contributed by atoms with Gasteiger partial charge in [0.05, 0.1) is 15.8 Å². The summed E-state index contributed by atoms with van der Waals surface area (Å²) >= 11 is 1.46. The highest BCUT2D eigenvalue weighted by Crippen LogP contribution is 2.33. The molecule has 4 rings (SSSR count). The average Bonchev–Trinajstić information content (AvgIpc) is 3.25. The normalized spacial score (nSPS) is 16.1. The first-order valence-electron chi connectivity index (χ1n) is 7.82. The van der Waals surface area contributed by atoms with Crippen LogP contribution in [0.1, 0.15) is 5.56 Å². The molecule has 3 aromatic rings. The van der Waals surface area contributed by atoms with Crippen molar-refractivity contribution in [1.82, 2.24) is 14.5 Å². The molecule has 2 aromatic heterocycles. The first-order chi connectivity index (χ1) is 12.0. The second-order valence-corrected chi connectivity index (χ2v) is 7.11. The fourth-order valence-corrected chi connectivity index (χ4v) is 3.64. The summed E-state index contributed by atoms with van der Waals surface area (Å²) in [5, 5.41) is 6.58. The molecule has 0 radical (unpaired) electrons. The standard InChI is InChI=1S/C18H17N5OS/c1-21(2)11-13-16(12-8-9-22(3)10-12)20-23(17(13)24)18-19-14-6-4-5-7-15(14)25-18/h4-11H,1-3H3/b13-11+. The Morgan fingerprint density at radius 3 is 2.68 bits per heavy atom. The summed E-state index contributed by atoms with van der Waals surface area (Å²) in [5.74, 6) is -0.161. The lowest BCUT2D eigenvalue weighted by Crippen LogP contribution is -2.22. The first kappa shape index (κ1) is 15.6. The molecule has 0 spiro atoms. The lowest BCUT2D eigenvalue weighted by Gasteiger charge is -2.08. The van der Waals surface area contributed by atoms with Crippen LogP contribution < -0.4 is 5.01 Å². The Balaban J connectivity index is 1.82. The van der Waals surface area contributed by atoms with E-state index in [1.807, 2.05) is 79.5 Å². The predicted octanol–water partition coefficient (Wildman–Crippen LogP) is 2.83. The zero-order chi connectivity index (χ0) is 17.6. The fraction of sp³-hybridized carbons (Fsp3) is 0.167. The Hall–Kier alpha value is -2.93. The van der Waals surface area contributed by atoms with Gasteiger partial charge >= 0.3 is 0 Å². The zero-order valence-electron chi connectivity index (χ0n) is 14.2. The van der Waals surface area contributed by atoms with Crippen LogP contribution in [-0.2, 0) is 11.8 Å². The third-order valence-corrected chi connectivity index (χ3v) is 4.85. The second kappa shape index (κ2) is 5.86. The van der Waals surface area contributed by atoms with Crippen molar-refractivity contribution in [2.45, 2.75) is 0 Å². The van der Waals surface area contributed by atoms with Gasteiger partial charge in [-0.15, -0.1) is 0 Å². The Morgan fingerprint density at radius 2 is 2.00 bits per heavy atom. The molecular weight excluding hydrogens is 334 g/mol. The molecule has 0 fully saturated rings. The number of hydrogen-bond donors (Lipinski definition) is 0. The topological polar surface area (TPSA) is 53.7 Å². The van der Waals surface area contributed by atoms with Crippen LogP contribution in [0.2, 0.25) is 0 Å². The van der Waals surface area contributed by atoms with Gasteiger partial charge in [-0.1, -0.05) is 23.5 Å². The van der Waals surface area contributed by atoms with E-state index in [1.54, 1.807) is 0 Å². The van der Waals surface area contributed by atoms with E-state index < -0.39 is 0 Å². The minimum absolute atomic E-state index is 0.161. The van der Waals surface area contributed by atoms with Crippen molar-refractivity contribution in [2.75, 3.05) is 19.1 Å². The third kappa shape index (κ3) is 2.72. The van der Waals surface area contributed by atoms with Gasteiger partial charge in [0.1, 0.15) is 5.71 Å². The van der Waals surface area contributed by atoms with Crippen molar-refractivity contribution in [3.63, 3.8) is 0 Å². The van der Waals surface area contributed by atoms with Crippen molar-refractivity contribution < 1.29 is 4.79 Å². The summed E-state index contributed by atoms with van der Waals surface area (Å²) < 4.78 is 2.97. The first-order valence-corrected chi connectivity index (χ1v) is 8.64. The van der Waals surface area contributed by atoms with Gasteiger partial charge in [-0.2, -0.15) is 10.1 Å². The summed E-state index contributed by atoms with van der Waals surface area (Å²) in [6, 6.07) is 9.79. The van der Waals surface area contributed by atoms with Crippen LogP contribution in [0.25, 0.3) is 10.2 Å². The Bertz CT molecular complexity index is 994. The number of anilines is 1. The number of hydrogen-bond acceptors (Lipinski definition) is 5. The molecular formula is C18H17N5OS. The van der Waals surface area contributed by atoms with E-state index in [-0.39, 0.29) is 5.91 Å². The minimum atomic E-state index is -0.161. The smallest absolute Gasteiger partial charge is 0.284 e. The van der Waals surface area contributed by atoms with Crippen molar-refractivity contribution in [1.29, 1.82) is 0 Å². The van der Waals surface area contributed by atoms with Gasteiger partial charge in [-0.05, 0) is 18.2 Å². The second-order valence-electron chi connectivity index (χ2n) is 6.10. The highest BCUT2D eigenvalue weighted by Gasteiger charge is 2.34. The van der Waals surface area contributed by atoms with Crippen LogP contribution in [-0.4, -0.2) is 40.2 Å². The molecule has 0 unspecified atom stereocenters. The van der Waals surface area contributed by atoms with Crippen LogP contribution in [0.5, 0.6) is 0 Å². The van der Waals surface area contributed by atoms with Gasteiger partial charge in [0.2, 0.25) is 5.13 Å². The molecule has 0 saturated heterocycles. The van der Waals surface area contributed by atoms with Crippen LogP contribution >= 0.6 is 11.3 Å². The summed E-state index contributed by atoms with van der Waals surface area (Å²) in [6.07, 6.45) is 5.70. The summed E-state index contributed by atoms with van der Waals surface area (Å²) in [5.41, 5.74) is 3.01. The molecule has 1 aliphatic rings. The van der Waals surface area contributed by atoms with Crippen LogP contribution in [0.4, 0.5) is 5.13 Å². The molecule has 25 heavy (non-hydrogen) atoms. The molecule has 0 aliphatic carbocycles. The van der Waals surface area contributed by atoms with Crippen LogP contribution in [0.3, 0.4) is 0 Å². The van der Waals surface area contributed by atoms with E-state index in [1.165, 1.54) is 16.3 Å². The van der Waals surface area contributed by atoms with E-state index in [0.717, 1.165) is 15.8 Å². The zero-order valence-corrected chi connectivity index (χ0v) is 15.0. The number of fused-ring (bicyclic) bond motifs is 1. The van der Waals surface area contributed by atoms with Crippen molar-refractivity contribution in [3.05, 3.63) is 60.1 Å². The van der Waals surface area contributed by atoms with E-state index in [9.17, 15) is 4.79 Å². The van der Waals surface area contributed by atoms with E-state index in [2.05, 4.69) is 10.1 Å². The molecule has 0 saturated carbocycles. The Labute approximate surface area is 149 Å². The van der Waals surface area contributed by atoms with Crippen molar-refractivity contribution in [2.24, 2.45) is 12.1 Å². The summed E-state index contributed by atoms with van der Waals surface area (Å²) in [4.78, 5) is 19.4. The van der Waals surface area contributed by atoms with Gasteiger partial charge < -0.3 is 9.47 Å². The number of carbonyl (C=O) groups excluding carboxylic acids is 1. The maximum Gasteiger partial charge on any atom is 0.284 e. The predicted molar refractivity (Wildman–Crippen MR) is 101 cm³/mol.